The van der Waals surface area contributed by atoms with Crippen LogP contribution in [0.25, 0.3) is 85.9 Å². The Bertz CT molecular complexity index is 6140. The number of benzene rings is 3. The SMILES string of the molecule is CC(=O)C=C(C)O.CC(C)(C)C(=O)C=C(O)C(C)(C)C.[Cl-].[Ir].[Ir].[Pt].[Pt].[Pt].[Pt].[Pt].[c-]1cccn1-c1ccccn1.[c-]1cccn1-c1nccn1-c1ccccc1.[c-]1cccn1-c1nccn1-c1ccccc1.[c-]1nc2ccccc2n1-c1ccccn1.[c-]1nc2cccnc2n1-c1ccccn1.[c-]1nncn1-c1ccccn1.[c-]1nncn1-c1ccccn1.c1ccc(-c2ccccn2)nc1. The van der Waals surface area contributed by atoms with Gasteiger partial charge >= 0.3 is 0 Å². The van der Waals surface area contributed by atoms with Crippen LogP contribution in [0.4, 0.5) is 0 Å². The van der Waals surface area contributed by atoms with Crippen LogP contribution in [0.3, 0.4) is 0 Å². The van der Waals surface area contributed by atoms with Crippen molar-refractivity contribution in [2.75, 3.05) is 0 Å². The Morgan fingerprint density at radius 2 is 0.704 bits per heavy atom. The number of nitrogens with zero attached hydrogens (tertiary/aromatic N) is 25. The standard InChI is InChI=1S/2C13H10N3.C12H8N3.C11H7N4.C11H20O2.C10H8N2.C9H7N2.2C7H5N4.C5H8O2.ClH.2Ir.5Pt/c2*1-2-6-12(7-3-1)16-11-8-14-13(16)15-9-4-5-10-15;1-2-6-11-10(5-1)14-9-15(11)12-7-3-4-8-13-12;1-2-6-12-10(5-1)15-8-14-9-4-3-7-13-11(9)15;1-10(2,3)8(12)7-9(13)11(4,5)6;1-3-7-11-9(5-1)10-6-2-4-8-12-10;1-2-6-10-9(5-1)11-7-3-4-8-11;2*1-2-4-8-7(3-1)11-5-9-10-6-11;1-4(6)3-5(2)7;;;;;;;;/h2*1-9,11H;1-8H;1-7H;7,12H,1-6H3;1-8H;1-7H;2*1-5H;3,6H,1-2H3;1H;;;;;;;/q4*-1;;;3*-1;;;;;;;;;/p-1. The molecule has 0 aliphatic rings. The largest absolute Gasteiger partial charge is 1.00 e. The molecule has 712 valence electrons. The van der Waals surface area contributed by atoms with E-state index in [4.69, 9.17) is 5.11 Å². The third-order valence-corrected chi connectivity index (χ3v) is 17.0. The average molecular weight is 3080 g/mol. The number of hydrogen-bond donors (Lipinski definition) is 2. The summed E-state index contributed by atoms with van der Waals surface area (Å²) in [4.78, 5) is 71.9. The van der Waals surface area contributed by atoms with Crippen LogP contribution in [0.15, 0.2) is 390 Å². The first-order valence-corrected chi connectivity index (χ1v) is 39.5. The summed E-state index contributed by atoms with van der Waals surface area (Å²) in [6.45, 7) is 14.0. The molecule has 0 spiro atoms. The average Bonchev–Trinajstić information content (AvgIpc) is 1.68. The summed E-state index contributed by atoms with van der Waals surface area (Å²) in [7, 11) is 0. The maximum atomic E-state index is 11.5. The second kappa shape index (κ2) is 62.4. The van der Waals surface area contributed by atoms with E-state index in [2.05, 4.69) is 148 Å². The van der Waals surface area contributed by atoms with Gasteiger partial charge < -0.3 is 83.7 Å². The van der Waals surface area contributed by atoms with E-state index in [1.54, 1.807) is 88.3 Å². The van der Waals surface area contributed by atoms with Gasteiger partial charge in [0.25, 0.3) is 0 Å². The summed E-state index contributed by atoms with van der Waals surface area (Å²) in [5, 5.41) is 32.2. The number of imidazole rings is 4. The van der Waals surface area contributed by atoms with Crippen molar-refractivity contribution in [3.05, 3.63) is 434 Å². The molecule has 0 aliphatic heterocycles. The summed E-state index contributed by atoms with van der Waals surface area (Å²) in [5.74, 6) is 5.80. The molecule has 0 unspecified atom stereocenters. The Labute approximate surface area is 887 Å². The van der Waals surface area contributed by atoms with Crippen LogP contribution in [0, 0.1) is 54.7 Å². The Morgan fingerprint density at radius 1 is 0.341 bits per heavy atom. The number of fused-ring (bicyclic) bond motifs is 2. The van der Waals surface area contributed by atoms with Crippen molar-refractivity contribution < 1.29 is 178 Å². The maximum absolute atomic E-state index is 11.5. The van der Waals surface area contributed by atoms with Crippen molar-refractivity contribution in [1.29, 1.82) is 0 Å². The molecule has 2 radical (unpaired) electrons. The fourth-order valence-electron chi connectivity index (χ4n) is 10.8. The Kier molecular flexibility index (Phi) is 54.0. The first kappa shape index (κ1) is 117. The second-order valence-electron chi connectivity index (χ2n) is 28.6. The molecule has 0 atom stereocenters. The van der Waals surface area contributed by atoms with Crippen LogP contribution in [-0.4, -0.2) is 143 Å². The number of pyridine rings is 8. The second-order valence-corrected chi connectivity index (χ2v) is 28.6. The minimum Gasteiger partial charge on any atom is -1.00 e. The number of allylic oxidation sites excluding steroid dienone is 4. The van der Waals surface area contributed by atoms with Gasteiger partial charge in [0, 0.05) is 310 Å². The van der Waals surface area contributed by atoms with Gasteiger partial charge in [0.2, 0.25) is 0 Å². The predicted molar refractivity (Wildman–Crippen MR) is 484 cm³/mol. The molecule has 0 fully saturated rings. The van der Waals surface area contributed by atoms with Crippen LogP contribution in [0.5, 0.6) is 0 Å². The van der Waals surface area contributed by atoms with Gasteiger partial charge in [0.15, 0.2) is 11.6 Å². The molecule has 20 aromatic rings. The molecule has 3 aromatic carbocycles. The van der Waals surface area contributed by atoms with Gasteiger partial charge in [-0.2, -0.15) is 18.2 Å². The monoisotopic (exact) mass is 3070 g/mol. The quantitative estimate of drug-likeness (QED) is 0.0652. The molecule has 0 aliphatic carbocycles. The van der Waals surface area contributed by atoms with E-state index in [-0.39, 0.29) is 186 Å². The minimum absolute atomic E-state index is 0. The number of carbonyl (C=O) groups is 2. The molecule has 37 heteroatoms. The van der Waals surface area contributed by atoms with Crippen molar-refractivity contribution in [3.8, 4) is 63.7 Å². The summed E-state index contributed by atoms with van der Waals surface area (Å²) in [6.07, 6.45) is 53.1. The van der Waals surface area contributed by atoms with E-state index in [9.17, 15) is 14.7 Å². The van der Waals surface area contributed by atoms with Crippen molar-refractivity contribution >= 4 is 33.8 Å². The van der Waals surface area contributed by atoms with Crippen molar-refractivity contribution in [1.82, 2.24) is 121 Å². The topological polar surface area (TPSA) is 325 Å². The Morgan fingerprint density at radius 3 is 1.07 bits per heavy atom. The zero-order valence-corrected chi connectivity index (χ0v) is 90.2. The van der Waals surface area contributed by atoms with Crippen LogP contribution in [-0.2, 0) is 155 Å². The summed E-state index contributed by atoms with van der Waals surface area (Å²) in [6, 6.07) is 83.4. The maximum Gasteiger partial charge on any atom is 0.164 e. The molecule has 0 saturated carbocycles. The number of aliphatic hydroxyl groups excluding tert-OH is 2. The van der Waals surface area contributed by atoms with E-state index in [0.29, 0.717) is 0 Å². The number of para-hydroxylation sites is 4. The smallest absolute Gasteiger partial charge is 0.164 e. The van der Waals surface area contributed by atoms with Crippen LogP contribution >= 0.6 is 0 Å². The fraction of sp³-hybridized carbons (Fsp3) is 0.102. The van der Waals surface area contributed by atoms with Gasteiger partial charge in [-0.3, -0.25) is 49.5 Å². The summed E-state index contributed by atoms with van der Waals surface area (Å²) < 4.78 is 16.5. The number of rotatable bonds is 12. The molecular weight excluding hydrogens is 2990 g/mol. The number of aliphatic hydroxyl groups is 2. The van der Waals surface area contributed by atoms with Crippen molar-refractivity contribution in [3.63, 3.8) is 0 Å². The third kappa shape index (κ3) is 37.9. The zero-order valence-electron chi connectivity index (χ0n) is 73.3. The van der Waals surface area contributed by atoms with Gasteiger partial charge in [0.1, 0.15) is 17.7 Å². The fourth-order valence-corrected chi connectivity index (χ4v) is 10.8. The number of carbonyl (C=O) groups excluding carboxylic acids is 2. The predicted octanol–water partition coefficient (Wildman–Crippen LogP) is 14.6. The van der Waals surface area contributed by atoms with Gasteiger partial charge in [-0.1, -0.05) is 211 Å². The zero-order chi connectivity index (χ0) is 89.3. The van der Waals surface area contributed by atoms with Crippen LogP contribution < -0.4 is 12.4 Å². The van der Waals surface area contributed by atoms with Crippen molar-refractivity contribution in [2.45, 2.75) is 55.4 Å². The van der Waals surface area contributed by atoms with Crippen LogP contribution in [0.1, 0.15) is 55.4 Å². The molecule has 0 amide bonds. The molecule has 135 heavy (non-hydrogen) atoms. The van der Waals surface area contributed by atoms with Crippen molar-refractivity contribution in [2.24, 2.45) is 10.8 Å². The van der Waals surface area contributed by atoms with Crippen LogP contribution in [0.2, 0.25) is 0 Å². The molecule has 0 bridgehead atoms. The number of ketones is 2. The van der Waals surface area contributed by atoms with E-state index in [1.807, 2.05) is 337 Å². The van der Waals surface area contributed by atoms with E-state index < -0.39 is 5.41 Å². The summed E-state index contributed by atoms with van der Waals surface area (Å²) in [5.41, 5.74) is 6.81. The molecule has 2 N–H and O–H groups in total. The van der Waals surface area contributed by atoms with E-state index >= 15 is 0 Å². The molecule has 29 nitrogen and oxygen atoms in total. The van der Waals surface area contributed by atoms with Gasteiger partial charge in [0.05, 0.1) is 34.6 Å². The number of halogens is 1. The summed E-state index contributed by atoms with van der Waals surface area (Å²) >= 11 is 0. The van der Waals surface area contributed by atoms with Gasteiger partial charge in [-0.25, -0.2) is 20.4 Å². The van der Waals surface area contributed by atoms with Gasteiger partial charge in [-0.15, -0.1) is 36.8 Å². The minimum atomic E-state index is -0.417. The first-order chi connectivity index (χ1) is 61.8. The molecule has 20 rings (SSSR count). The normalized spacial score (nSPS) is 10.1. The molecule has 0 saturated heterocycles. The van der Waals surface area contributed by atoms with E-state index in [0.717, 1.165) is 85.9 Å². The van der Waals surface area contributed by atoms with E-state index in [1.165, 1.54) is 26.0 Å². The number of aromatic nitrogens is 25. The molecular formula is C98H88ClIr2N25O4Pt5-8. The first-order valence-electron chi connectivity index (χ1n) is 39.5. The van der Waals surface area contributed by atoms with Gasteiger partial charge in [-0.05, 0) is 104 Å². The molecule has 17 heterocycles. The third-order valence-electron chi connectivity index (χ3n) is 17.0. The number of hydrogen-bond acceptors (Lipinski definition) is 20. The molecule has 17 aromatic heterocycles. The Balaban J connectivity index is 0.000000386. The Hall–Kier alpha value is -12.2.